The zero-order valence-electron chi connectivity index (χ0n) is 20.1. The molecule has 2 aromatic heterocycles. The second kappa shape index (κ2) is 10.0. The van der Waals surface area contributed by atoms with E-state index in [1.807, 2.05) is 38.2 Å². The normalized spacial score (nSPS) is 13.8. The van der Waals surface area contributed by atoms with Gasteiger partial charge in [0.1, 0.15) is 11.6 Å². The fraction of sp³-hybridized carbons (Fsp3) is 0.296. The van der Waals surface area contributed by atoms with Crippen LogP contribution in [-0.4, -0.2) is 52.0 Å². The first-order valence-corrected chi connectivity index (χ1v) is 12.0. The Labute approximate surface area is 205 Å². The van der Waals surface area contributed by atoms with Gasteiger partial charge in [0.15, 0.2) is 0 Å². The summed E-state index contributed by atoms with van der Waals surface area (Å²) in [7, 11) is 0. The van der Waals surface area contributed by atoms with Crippen LogP contribution in [-0.2, 0) is 4.79 Å². The smallest absolute Gasteiger partial charge is 0.224 e. The van der Waals surface area contributed by atoms with Crippen LogP contribution in [0.15, 0.2) is 61.2 Å². The first kappa shape index (κ1) is 22.7. The van der Waals surface area contributed by atoms with Crippen molar-refractivity contribution in [3.05, 3.63) is 66.7 Å². The number of carbonyl (C=O) groups excluding carboxylic acids is 1. The molecule has 0 spiro atoms. The van der Waals surface area contributed by atoms with Crippen LogP contribution in [0.2, 0.25) is 0 Å². The van der Waals surface area contributed by atoms with Crippen LogP contribution in [0, 0.1) is 6.92 Å². The van der Waals surface area contributed by atoms with E-state index in [9.17, 15) is 4.79 Å². The number of aromatic nitrogens is 4. The Hall–Kier alpha value is -4.07. The minimum absolute atomic E-state index is 0.0504. The number of amides is 1. The summed E-state index contributed by atoms with van der Waals surface area (Å²) in [6, 6.07) is 12.3. The molecule has 35 heavy (non-hydrogen) atoms. The van der Waals surface area contributed by atoms with Crippen molar-refractivity contribution in [3.8, 4) is 11.1 Å². The van der Waals surface area contributed by atoms with E-state index >= 15 is 0 Å². The van der Waals surface area contributed by atoms with Crippen LogP contribution < -0.4 is 15.1 Å². The number of carbonyl (C=O) groups is 1. The number of hydrogen-bond acceptors (Lipinski definition) is 7. The van der Waals surface area contributed by atoms with E-state index in [0.29, 0.717) is 6.42 Å². The van der Waals surface area contributed by atoms with E-state index in [0.717, 1.165) is 77.6 Å². The fourth-order valence-corrected chi connectivity index (χ4v) is 4.38. The fourth-order valence-electron chi connectivity index (χ4n) is 4.38. The second-order valence-corrected chi connectivity index (χ2v) is 8.80. The van der Waals surface area contributed by atoms with Crippen LogP contribution in [0.5, 0.6) is 0 Å². The van der Waals surface area contributed by atoms with E-state index < -0.39 is 0 Å². The van der Waals surface area contributed by atoms with Gasteiger partial charge in [0, 0.05) is 50.7 Å². The van der Waals surface area contributed by atoms with Gasteiger partial charge in [-0.25, -0.2) is 9.97 Å². The molecule has 1 aliphatic heterocycles. The molecule has 0 saturated carbocycles. The van der Waals surface area contributed by atoms with Gasteiger partial charge in [0.25, 0.3) is 0 Å². The number of fused-ring (bicyclic) bond motifs is 1. The summed E-state index contributed by atoms with van der Waals surface area (Å²) >= 11 is 0. The molecule has 3 heterocycles. The van der Waals surface area contributed by atoms with Crippen LogP contribution in [0.1, 0.15) is 25.3 Å². The molecule has 0 unspecified atom stereocenters. The lowest BCUT2D eigenvalue weighted by Gasteiger charge is -2.35. The lowest BCUT2D eigenvalue weighted by molar-refractivity contribution is -0.116. The maximum atomic E-state index is 12.0. The molecule has 8 heteroatoms. The van der Waals surface area contributed by atoms with Gasteiger partial charge in [-0.05, 0) is 54.3 Å². The Morgan fingerprint density at radius 1 is 0.886 bits per heavy atom. The number of benzene rings is 2. The van der Waals surface area contributed by atoms with E-state index in [1.165, 1.54) is 0 Å². The predicted octanol–water partition coefficient (Wildman–Crippen LogP) is 4.46. The van der Waals surface area contributed by atoms with Crippen molar-refractivity contribution >= 4 is 34.3 Å². The lowest BCUT2D eigenvalue weighted by Crippen LogP contribution is -2.47. The summed E-state index contributed by atoms with van der Waals surface area (Å²) < 4.78 is 0. The van der Waals surface area contributed by atoms with E-state index in [4.69, 9.17) is 4.98 Å². The van der Waals surface area contributed by atoms with Gasteiger partial charge in [0.2, 0.25) is 5.91 Å². The zero-order chi connectivity index (χ0) is 24.2. The largest absolute Gasteiger partial charge is 0.352 e. The molecule has 8 nitrogen and oxygen atoms in total. The minimum atomic E-state index is 0.0504. The number of hydrogen-bond donors (Lipinski definition) is 1. The SMILES string of the molecule is CCCC(=O)Nc1ccc(-c2ccc3ncc(N4CCN(c5cnccn5)CC4)nc3c2)cc1C. The van der Waals surface area contributed by atoms with E-state index in [1.54, 1.807) is 18.6 Å². The number of nitrogens with zero attached hydrogens (tertiary/aromatic N) is 6. The zero-order valence-corrected chi connectivity index (χ0v) is 20.1. The first-order chi connectivity index (χ1) is 17.1. The van der Waals surface area contributed by atoms with Gasteiger partial charge in [-0.1, -0.05) is 19.1 Å². The molecule has 1 N–H and O–H groups in total. The molecular weight excluding hydrogens is 438 g/mol. The Bertz CT molecular complexity index is 1330. The van der Waals surface area contributed by atoms with E-state index in [2.05, 4.69) is 48.3 Å². The van der Waals surface area contributed by atoms with Crippen molar-refractivity contribution in [2.75, 3.05) is 41.3 Å². The molecule has 1 saturated heterocycles. The molecule has 4 aromatic rings. The molecular formula is C27H29N7O. The van der Waals surface area contributed by atoms with Crippen LogP contribution in [0.4, 0.5) is 17.3 Å². The molecule has 0 aliphatic carbocycles. The topological polar surface area (TPSA) is 87.1 Å². The summed E-state index contributed by atoms with van der Waals surface area (Å²) in [4.78, 5) is 34.7. The number of piperazine rings is 1. The number of anilines is 3. The summed E-state index contributed by atoms with van der Waals surface area (Å²) in [5.41, 5.74) is 5.79. The average molecular weight is 468 g/mol. The van der Waals surface area contributed by atoms with Crippen molar-refractivity contribution in [3.63, 3.8) is 0 Å². The van der Waals surface area contributed by atoms with Crippen molar-refractivity contribution in [1.82, 2.24) is 19.9 Å². The molecule has 1 aliphatic rings. The molecule has 0 atom stereocenters. The summed E-state index contributed by atoms with van der Waals surface area (Å²) in [5, 5.41) is 3.00. The van der Waals surface area contributed by atoms with Crippen molar-refractivity contribution in [2.24, 2.45) is 0 Å². The van der Waals surface area contributed by atoms with Gasteiger partial charge in [-0.15, -0.1) is 0 Å². The van der Waals surface area contributed by atoms with Gasteiger partial charge >= 0.3 is 0 Å². The highest BCUT2D eigenvalue weighted by Gasteiger charge is 2.20. The molecule has 1 fully saturated rings. The van der Waals surface area contributed by atoms with Crippen molar-refractivity contribution < 1.29 is 4.79 Å². The Kier molecular flexibility index (Phi) is 6.52. The number of rotatable bonds is 6. The van der Waals surface area contributed by atoms with Gasteiger partial charge in [-0.3, -0.25) is 14.8 Å². The monoisotopic (exact) mass is 467 g/mol. The Balaban J connectivity index is 1.33. The summed E-state index contributed by atoms with van der Waals surface area (Å²) in [6.45, 7) is 7.44. The highest BCUT2D eigenvalue weighted by molar-refractivity contribution is 5.92. The maximum absolute atomic E-state index is 12.0. The summed E-state index contributed by atoms with van der Waals surface area (Å²) in [6.07, 6.45) is 8.45. The average Bonchev–Trinajstić information content (AvgIpc) is 2.90. The number of aryl methyl sites for hydroxylation is 1. The third-order valence-corrected chi connectivity index (χ3v) is 6.32. The molecule has 0 bridgehead atoms. The standard InChI is InChI=1S/C27H29N7O/c1-3-4-27(35)32-22-7-5-20(15-19(22)2)21-6-8-23-24(16-21)31-26(18-30-23)34-13-11-33(12-14-34)25-17-28-9-10-29-25/h5-10,15-18H,3-4,11-14H2,1-2H3,(H,32,35). The van der Waals surface area contributed by atoms with Crippen LogP contribution in [0.25, 0.3) is 22.2 Å². The highest BCUT2D eigenvalue weighted by atomic mass is 16.1. The molecule has 178 valence electrons. The quantitative estimate of drug-likeness (QED) is 0.448. The van der Waals surface area contributed by atoms with Crippen LogP contribution in [0.3, 0.4) is 0 Å². The Morgan fingerprint density at radius 3 is 2.34 bits per heavy atom. The predicted molar refractivity (Wildman–Crippen MR) is 140 cm³/mol. The molecule has 1 amide bonds. The van der Waals surface area contributed by atoms with Gasteiger partial charge in [0.05, 0.1) is 23.4 Å². The summed E-state index contributed by atoms with van der Waals surface area (Å²) in [5.74, 6) is 1.85. The van der Waals surface area contributed by atoms with Gasteiger partial charge < -0.3 is 15.1 Å². The van der Waals surface area contributed by atoms with E-state index in [-0.39, 0.29) is 5.91 Å². The molecule has 0 radical (unpaired) electrons. The minimum Gasteiger partial charge on any atom is -0.352 e. The third kappa shape index (κ3) is 5.06. The van der Waals surface area contributed by atoms with Crippen molar-refractivity contribution in [1.29, 1.82) is 0 Å². The molecule has 2 aromatic carbocycles. The highest BCUT2D eigenvalue weighted by Crippen LogP contribution is 2.28. The first-order valence-electron chi connectivity index (χ1n) is 12.0. The Morgan fingerprint density at radius 2 is 1.63 bits per heavy atom. The maximum Gasteiger partial charge on any atom is 0.224 e. The van der Waals surface area contributed by atoms with Gasteiger partial charge in [-0.2, -0.15) is 0 Å². The third-order valence-electron chi connectivity index (χ3n) is 6.32. The van der Waals surface area contributed by atoms with Crippen molar-refractivity contribution in [2.45, 2.75) is 26.7 Å². The second-order valence-electron chi connectivity index (χ2n) is 8.80. The lowest BCUT2D eigenvalue weighted by atomic mass is 10.0. The number of nitrogens with one attached hydrogen (secondary N) is 1. The molecule has 5 rings (SSSR count). The van der Waals surface area contributed by atoms with Crippen LogP contribution >= 0.6 is 0 Å².